The molecule has 1 fully saturated rings. The van der Waals surface area contributed by atoms with Crippen LogP contribution in [-0.4, -0.2) is 115 Å². The summed E-state index contributed by atoms with van der Waals surface area (Å²) >= 11 is 0. The van der Waals surface area contributed by atoms with E-state index in [0.717, 1.165) is 6.92 Å². The van der Waals surface area contributed by atoms with Gasteiger partial charge < -0.3 is 51.5 Å². The molecule has 12 nitrogen and oxygen atoms in total. The van der Waals surface area contributed by atoms with Crippen molar-refractivity contribution in [2.75, 3.05) is 13.2 Å². The van der Waals surface area contributed by atoms with Crippen LogP contribution < -0.4 is 11.1 Å². The van der Waals surface area contributed by atoms with Crippen LogP contribution in [0, 0.1) is 0 Å². The number of ether oxygens (including phenoxy) is 1. The van der Waals surface area contributed by atoms with Crippen molar-refractivity contribution in [2.24, 2.45) is 5.73 Å². The maximum Gasteiger partial charge on any atom is 0.217 e. The van der Waals surface area contributed by atoms with Gasteiger partial charge in [-0.2, -0.15) is 0 Å². The number of carbonyl (C=O) groups is 2. The maximum absolute atomic E-state index is 12.7. The Morgan fingerprint density at radius 1 is 1.12 bits per heavy atom. The summed E-state index contributed by atoms with van der Waals surface area (Å²) in [5.74, 6) is -1.83. The van der Waals surface area contributed by atoms with E-state index in [9.17, 15) is 40.2 Å². The fourth-order valence-electron chi connectivity index (χ4n) is 2.65. The highest BCUT2D eigenvalue weighted by Gasteiger charge is 2.49. The molecular weight excluding hydrogens is 356 g/mol. The highest BCUT2D eigenvalue weighted by Crippen LogP contribution is 2.22. The molecule has 1 heterocycles. The molecule has 1 aliphatic heterocycles. The van der Waals surface area contributed by atoms with Gasteiger partial charge in [-0.05, 0) is 0 Å². The number of aliphatic hydroxyl groups is 7. The second-order valence-electron chi connectivity index (χ2n) is 6.15. The minimum Gasteiger partial charge on any atom is -0.394 e. The van der Waals surface area contributed by atoms with Gasteiger partial charge in [0, 0.05) is 6.92 Å². The van der Waals surface area contributed by atoms with Crippen molar-refractivity contribution in [3.05, 3.63) is 0 Å². The van der Waals surface area contributed by atoms with Gasteiger partial charge in [0.05, 0.1) is 19.3 Å². The Morgan fingerprint density at radius 2 is 1.69 bits per heavy atom. The Balaban J connectivity index is 3.09. The Kier molecular flexibility index (Phi) is 8.46. The van der Waals surface area contributed by atoms with Gasteiger partial charge in [0.1, 0.15) is 48.8 Å². The van der Waals surface area contributed by atoms with E-state index in [4.69, 9.17) is 15.6 Å². The van der Waals surface area contributed by atoms with Crippen molar-refractivity contribution in [1.29, 1.82) is 0 Å². The van der Waals surface area contributed by atoms with Gasteiger partial charge in [-0.3, -0.25) is 9.59 Å². The Hall–Kier alpha value is -1.22. The smallest absolute Gasteiger partial charge is 0.217 e. The lowest BCUT2D eigenvalue weighted by Crippen LogP contribution is -2.68. The lowest BCUT2D eigenvalue weighted by molar-refractivity contribution is -0.195. The molecule has 0 bridgehead atoms. The second-order valence-corrected chi connectivity index (χ2v) is 6.15. The van der Waals surface area contributed by atoms with Crippen LogP contribution >= 0.6 is 0 Å². The lowest BCUT2D eigenvalue weighted by Gasteiger charge is -2.41. The summed E-state index contributed by atoms with van der Waals surface area (Å²) in [7, 11) is 0. The molecule has 12 heteroatoms. The summed E-state index contributed by atoms with van der Waals surface area (Å²) in [6.07, 6.45) is -12.0. The predicted octanol–water partition coefficient (Wildman–Crippen LogP) is -6.06. The normalized spacial score (nSPS) is 33.8. The molecule has 0 aromatic heterocycles. The molecule has 0 aliphatic carbocycles. The molecule has 0 saturated carbocycles. The van der Waals surface area contributed by atoms with Crippen LogP contribution in [-0.2, 0) is 14.3 Å². The average molecular weight is 382 g/mol. The van der Waals surface area contributed by atoms with Gasteiger partial charge in [0.2, 0.25) is 5.91 Å². The van der Waals surface area contributed by atoms with Gasteiger partial charge in [-0.1, -0.05) is 0 Å². The molecule has 0 spiro atoms. The molecule has 1 saturated heterocycles. The third-order valence-corrected chi connectivity index (χ3v) is 4.19. The van der Waals surface area contributed by atoms with E-state index in [-0.39, 0.29) is 0 Å². The Morgan fingerprint density at radius 3 is 2.15 bits per heavy atom. The van der Waals surface area contributed by atoms with E-state index < -0.39 is 79.7 Å². The fourth-order valence-corrected chi connectivity index (χ4v) is 2.65. The van der Waals surface area contributed by atoms with E-state index in [0.29, 0.717) is 0 Å². The molecule has 10 N–H and O–H groups in total. The highest BCUT2D eigenvalue weighted by atomic mass is 16.5. The highest BCUT2D eigenvalue weighted by molar-refractivity contribution is 5.93. The van der Waals surface area contributed by atoms with Crippen LogP contribution in [0.4, 0.5) is 0 Å². The van der Waals surface area contributed by atoms with Gasteiger partial charge in [0.15, 0.2) is 5.78 Å². The van der Waals surface area contributed by atoms with Gasteiger partial charge in [0.25, 0.3) is 0 Å². The third-order valence-electron chi connectivity index (χ3n) is 4.19. The zero-order chi connectivity index (χ0) is 20.2. The monoisotopic (exact) mass is 382 g/mol. The minimum atomic E-state index is -2.04. The van der Waals surface area contributed by atoms with Gasteiger partial charge in [-0.15, -0.1) is 0 Å². The number of Topliss-reactive ketones (excluding diaryl/α,β-unsaturated/α-hetero) is 1. The summed E-state index contributed by atoms with van der Waals surface area (Å²) in [6.45, 7) is -0.636. The van der Waals surface area contributed by atoms with Crippen molar-refractivity contribution < 1.29 is 50.1 Å². The molecule has 9 atom stereocenters. The largest absolute Gasteiger partial charge is 0.394 e. The van der Waals surface area contributed by atoms with Crippen LogP contribution in [0.25, 0.3) is 0 Å². The zero-order valence-electron chi connectivity index (χ0n) is 14.0. The van der Waals surface area contributed by atoms with Crippen molar-refractivity contribution in [1.82, 2.24) is 5.32 Å². The molecule has 1 rings (SSSR count). The molecule has 152 valence electrons. The SMILES string of the molecule is CC(=O)N[C@@H](C(=O)C1O[C@H](CO)[C@@H](O)[C@H](O)[C@H]1N)[C@@H](O)[C@H](O)[C@H](O)CO. The van der Waals surface area contributed by atoms with Crippen LogP contribution in [0.1, 0.15) is 6.92 Å². The molecule has 0 radical (unpaired) electrons. The summed E-state index contributed by atoms with van der Waals surface area (Å²) in [5.41, 5.74) is 5.68. The second kappa shape index (κ2) is 9.64. The van der Waals surface area contributed by atoms with Crippen LogP contribution in [0.5, 0.6) is 0 Å². The van der Waals surface area contributed by atoms with Crippen LogP contribution in [0.3, 0.4) is 0 Å². The first-order valence-electron chi connectivity index (χ1n) is 7.90. The first-order chi connectivity index (χ1) is 12.1. The molecule has 26 heavy (non-hydrogen) atoms. The number of nitrogens with two attached hydrogens (primary N) is 1. The lowest BCUT2D eigenvalue weighted by atomic mass is 9.86. The number of hydrogen-bond acceptors (Lipinski definition) is 11. The van der Waals surface area contributed by atoms with Gasteiger partial charge >= 0.3 is 0 Å². The molecular formula is C14H26N2O10. The summed E-state index contributed by atoms with van der Waals surface area (Å²) < 4.78 is 5.18. The average Bonchev–Trinajstić information content (AvgIpc) is 2.61. The van der Waals surface area contributed by atoms with Crippen molar-refractivity contribution in [2.45, 2.75) is 61.7 Å². The number of carbonyl (C=O) groups excluding carboxylic acids is 2. The van der Waals surface area contributed by atoms with E-state index in [1.54, 1.807) is 0 Å². The molecule has 1 aliphatic rings. The first-order valence-corrected chi connectivity index (χ1v) is 7.90. The number of hydrogen-bond donors (Lipinski definition) is 9. The topological polar surface area (TPSA) is 223 Å². The van der Waals surface area contributed by atoms with E-state index in [1.165, 1.54) is 0 Å². The number of nitrogens with one attached hydrogen (secondary N) is 1. The molecule has 1 unspecified atom stereocenters. The van der Waals surface area contributed by atoms with Crippen LogP contribution in [0.15, 0.2) is 0 Å². The van der Waals surface area contributed by atoms with Gasteiger partial charge in [-0.25, -0.2) is 0 Å². The summed E-state index contributed by atoms with van der Waals surface area (Å²) in [6, 6.07) is -3.26. The third kappa shape index (κ3) is 4.94. The molecule has 0 aromatic carbocycles. The van der Waals surface area contributed by atoms with Crippen molar-refractivity contribution >= 4 is 11.7 Å². The predicted molar refractivity (Wildman–Crippen MR) is 83.5 cm³/mol. The Bertz CT molecular complexity index is 490. The fraction of sp³-hybridized carbons (Fsp3) is 0.857. The molecule has 1 amide bonds. The van der Waals surface area contributed by atoms with E-state index in [2.05, 4.69) is 5.32 Å². The number of rotatable bonds is 8. The number of amides is 1. The zero-order valence-corrected chi connectivity index (χ0v) is 14.0. The standard InChI is InChI=1S/C14H26N2O10/c1-4(19)16-8(12(24)9(21)5(20)2-17)13(25)14-7(15)11(23)10(22)6(3-18)26-14/h5-12,14,17-18,20-24H,2-3,15H2,1H3,(H,16,19)/t5-,6-,7-,8-,9-,10-,11-,12-,14?/m1/s1. The molecule has 0 aromatic rings. The summed E-state index contributed by atoms with van der Waals surface area (Å²) in [4.78, 5) is 24.1. The van der Waals surface area contributed by atoms with Crippen molar-refractivity contribution in [3.63, 3.8) is 0 Å². The number of ketones is 1. The van der Waals surface area contributed by atoms with E-state index >= 15 is 0 Å². The van der Waals surface area contributed by atoms with E-state index in [1.807, 2.05) is 0 Å². The minimum absolute atomic E-state index is 0.742. The Labute approximate surface area is 148 Å². The van der Waals surface area contributed by atoms with Crippen LogP contribution in [0.2, 0.25) is 0 Å². The quantitative estimate of drug-likeness (QED) is 0.192. The van der Waals surface area contributed by atoms with Crippen molar-refractivity contribution in [3.8, 4) is 0 Å². The number of aliphatic hydroxyl groups excluding tert-OH is 7. The summed E-state index contributed by atoms with van der Waals surface area (Å²) in [5, 5.41) is 69.2. The maximum atomic E-state index is 12.7. The first kappa shape index (κ1) is 22.8.